The molecule has 0 fully saturated rings. The fourth-order valence-electron chi connectivity index (χ4n) is 0.941. The molecule has 1 atom stereocenters. The van der Waals surface area contributed by atoms with Gasteiger partial charge in [0.15, 0.2) is 6.10 Å². The molecule has 8 heteroatoms. The van der Waals surface area contributed by atoms with Crippen LogP contribution in [0.3, 0.4) is 0 Å². The van der Waals surface area contributed by atoms with E-state index in [1.807, 2.05) is 0 Å². The van der Waals surface area contributed by atoms with Crippen molar-refractivity contribution in [3.05, 3.63) is 0 Å². The van der Waals surface area contributed by atoms with Crippen LogP contribution in [0.25, 0.3) is 0 Å². The maximum Gasteiger partial charge on any atom is 0.332 e. The molecule has 3 amide bonds. The summed E-state index contributed by atoms with van der Waals surface area (Å²) in [4.78, 5) is 33.7. The third-order valence-electron chi connectivity index (χ3n) is 1.99. The first-order valence-corrected chi connectivity index (χ1v) is 4.99. The van der Waals surface area contributed by atoms with E-state index in [1.165, 1.54) is 14.1 Å². The molecule has 98 valence electrons. The van der Waals surface area contributed by atoms with Crippen molar-refractivity contribution < 1.29 is 24.6 Å². The van der Waals surface area contributed by atoms with Crippen LogP contribution < -0.4 is 10.6 Å². The highest BCUT2D eigenvalue weighted by atomic mass is 16.4. The summed E-state index contributed by atoms with van der Waals surface area (Å²) in [6.45, 7) is -0.0752. The fraction of sp³-hybridized carbons (Fsp3) is 0.667. The number of amides is 3. The van der Waals surface area contributed by atoms with E-state index in [2.05, 4.69) is 10.6 Å². The Morgan fingerprint density at radius 2 is 1.94 bits per heavy atom. The monoisotopic (exact) mass is 247 g/mol. The van der Waals surface area contributed by atoms with Gasteiger partial charge in [0, 0.05) is 27.1 Å². The summed E-state index contributed by atoms with van der Waals surface area (Å²) < 4.78 is 0. The number of nitrogens with one attached hydrogen (secondary N) is 2. The summed E-state index contributed by atoms with van der Waals surface area (Å²) in [7, 11) is 2.88. The van der Waals surface area contributed by atoms with Crippen LogP contribution in [0, 0.1) is 0 Å². The van der Waals surface area contributed by atoms with Crippen LogP contribution in [-0.2, 0) is 9.59 Å². The number of aliphatic hydroxyl groups excluding tert-OH is 1. The molecule has 0 rings (SSSR count). The molecule has 0 spiro atoms. The Bertz CT molecular complexity index is 294. The molecular weight excluding hydrogens is 230 g/mol. The fourth-order valence-corrected chi connectivity index (χ4v) is 0.941. The molecule has 0 aromatic heterocycles. The number of urea groups is 1. The van der Waals surface area contributed by atoms with Gasteiger partial charge in [0.05, 0.1) is 0 Å². The van der Waals surface area contributed by atoms with Crippen molar-refractivity contribution in [2.75, 3.05) is 27.2 Å². The Kier molecular flexibility index (Phi) is 6.64. The lowest BCUT2D eigenvalue weighted by atomic mass is 10.2. The predicted octanol–water partition coefficient (Wildman–Crippen LogP) is -1.79. The Balaban J connectivity index is 3.86. The first-order chi connectivity index (χ1) is 7.88. The minimum absolute atomic E-state index is 0.0182. The lowest BCUT2D eigenvalue weighted by Crippen LogP contribution is -2.43. The van der Waals surface area contributed by atoms with Gasteiger partial charge in [-0.25, -0.2) is 9.59 Å². The third-order valence-corrected chi connectivity index (χ3v) is 1.99. The number of rotatable bonds is 6. The van der Waals surface area contributed by atoms with Gasteiger partial charge in [-0.2, -0.15) is 0 Å². The summed E-state index contributed by atoms with van der Waals surface area (Å²) in [6, 6.07) is -0.508. The normalized spacial score (nSPS) is 11.5. The van der Waals surface area contributed by atoms with Crippen LogP contribution >= 0.6 is 0 Å². The van der Waals surface area contributed by atoms with E-state index in [4.69, 9.17) is 10.2 Å². The van der Waals surface area contributed by atoms with Gasteiger partial charge in [-0.3, -0.25) is 4.79 Å². The number of aliphatic hydroxyl groups is 1. The molecule has 0 saturated carbocycles. The Hall–Kier alpha value is -1.83. The van der Waals surface area contributed by atoms with Gasteiger partial charge in [0.25, 0.3) is 0 Å². The molecule has 0 aliphatic carbocycles. The van der Waals surface area contributed by atoms with E-state index >= 15 is 0 Å². The van der Waals surface area contributed by atoms with Gasteiger partial charge >= 0.3 is 12.0 Å². The molecule has 0 aromatic carbocycles. The number of hydrogen-bond donors (Lipinski definition) is 4. The zero-order chi connectivity index (χ0) is 13.4. The smallest absolute Gasteiger partial charge is 0.332 e. The second kappa shape index (κ2) is 7.44. The highest BCUT2D eigenvalue weighted by molar-refractivity contribution is 5.83. The van der Waals surface area contributed by atoms with Gasteiger partial charge in [-0.1, -0.05) is 0 Å². The summed E-state index contributed by atoms with van der Waals surface area (Å²) in [6.07, 6.45) is -1.59. The summed E-state index contributed by atoms with van der Waals surface area (Å²) in [5.41, 5.74) is 0. The Morgan fingerprint density at radius 1 is 1.35 bits per heavy atom. The number of hydrogen-bond acceptors (Lipinski definition) is 4. The van der Waals surface area contributed by atoms with Crippen molar-refractivity contribution in [1.82, 2.24) is 15.5 Å². The van der Waals surface area contributed by atoms with Gasteiger partial charge in [-0.05, 0) is 0 Å². The molecule has 4 N–H and O–H groups in total. The van der Waals surface area contributed by atoms with Crippen molar-refractivity contribution in [3.8, 4) is 0 Å². The highest BCUT2D eigenvalue weighted by Gasteiger charge is 2.15. The van der Waals surface area contributed by atoms with Crippen molar-refractivity contribution in [1.29, 1.82) is 0 Å². The first kappa shape index (κ1) is 15.2. The highest BCUT2D eigenvalue weighted by Crippen LogP contribution is 1.91. The molecule has 0 heterocycles. The molecule has 0 unspecified atom stereocenters. The van der Waals surface area contributed by atoms with Crippen LogP contribution in [0.1, 0.15) is 6.42 Å². The minimum Gasteiger partial charge on any atom is -0.479 e. The summed E-state index contributed by atoms with van der Waals surface area (Å²) in [5.74, 6) is -1.65. The Morgan fingerprint density at radius 3 is 2.41 bits per heavy atom. The second-order valence-corrected chi connectivity index (χ2v) is 3.40. The van der Waals surface area contributed by atoms with Crippen molar-refractivity contribution in [2.45, 2.75) is 12.5 Å². The number of likely N-dealkylation sites (N-methyl/N-ethyl adjacent to an activating group) is 2. The number of aliphatic carboxylic acids is 1. The van der Waals surface area contributed by atoms with Crippen LogP contribution in [0.5, 0.6) is 0 Å². The average Bonchev–Trinajstić information content (AvgIpc) is 2.28. The molecule has 8 nitrogen and oxygen atoms in total. The summed E-state index contributed by atoms with van der Waals surface area (Å²) >= 11 is 0. The van der Waals surface area contributed by atoms with E-state index in [1.54, 1.807) is 0 Å². The van der Waals surface area contributed by atoms with E-state index < -0.39 is 18.1 Å². The van der Waals surface area contributed by atoms with Crippen LogP contribution in [0.15, 0.2) is 0 Å². The summed E-state index contributed by atoms with van der Waals surface area (Å²) in [5, 5.41) is 22.1. The van der Waals surface area contributed by atoms with E-state index in [9.17, 15) is 14.4 Å². The maximum absolute atomic E-state index is 11.4. The minimum atomic E-state index is -1.50. The van der Waals surface area contributed by atoms with Crippen LogP contribution in [0.4, 0.5) is 4.79 Å². The van der Waals surface area contributed by atoms with Crippen molar-refractivity contribution in [3.63, 3.8) is 0 Å². The largest absolute Gasteiger partial charge is 0.479 e. The molecule has 0 aliphatic heterocycles. The molecule has 17 heavy (non-hydrogen) atoms. The number of carbonyl (C=O) groups excluding carboxylic acids is 2. The number of carboxylic acids is 1. The molecule has 0 bridgehead atoms. The van der Waals surface area contributed by atoms with Crippen LogP contribution in [-0.4, -0.2) is 66.3 Å². The number of carbonyl (C=O) groups is 3. The average molecular weight is 247 g/mol. The third kappa shape index (κ3) is 6.36. The van der Waals surface area contributed by atoms with Crippen molar-refractivity contribution >= 4 is 17.9 Å². The van der Waals surface area contributed by atoms with Gasteiger partial charge in [0.1, 0.15) is 6.54 Å². The first-order valence-electron chi connectivity index (χ1n) is 4.99. The SMILES string of the molecule is CNC(=O)CN(C)C(=O)NCC[C@H](O)C(=O)O. The number of nitrogens with zero attached hydrogens (tertiary/aromatic N) is 1. The predicted molar refractivity (Wildman–Crippen MR) is 58.4 cm³/mol. The van der Waals surface area contributed by atoms with Crippen molar-refractivity contribution in [2.24, 2.45) is 0 Å². The van der Waals surface area contributed by atoms with E-state index in [-0.39, 0.29) is 25.4 Å². The molecule has 0 radical (unpaired) electrons. The molecule has 0 aliphatic rings. The van der Waals surface area contributed by atoms with E-state index in [0.29, 0.717) is 0 Å². The van der Waals surface area contributed by atoms with Gasteiger partial charge in [0.2, 0.25) is 5.91 Å². The topological polar surface area (TPSA) is 119 Å². The lowest BCUT2D eigenvalue weighted by molar-refractivity contribution is -0.146. The van der Waals surface area contributed by atoms with Crippen LogP contribution in [0.2, 0.25) is 0 Å². The molecule has 0 saturated heterocycles. The second-order valence-electron chi connectivity index (χ2n) is 3.40. The lowest BCUT2D eigenvalue weighted by Gasteiger charge is -2.17. The zero-order valence-corrected chi connectivity index (χ0v) is 9.77. The van der Waals surface area contributed by atoms with E-state index in [0.717, 1.165) is 4.90 Å². The Labute approximate surface area is 98.6 Å². The quantitative estimate of drug-likeness (QED) is 0.442. The van der Waals surface area contributed by atoms with Gasteiger partial charge in [-0.15, -0.1) is 0 Å². The maximum atomic E-state index is 11.4. The molecule has 0 aromatic rings. The number of carboxylic acid groups (broad SMARTS) is 1. The molecular formula is C9H17N3O5. The zero-order valence-electron chi connectivity index (χ0n) is 9.77. The van der Waals surface area contributed by atoms with Gasteiger partial charge < -0.3 is 25.7 Å². The standard InChI is InChI=1S/C9H17N3O5/c1-10-7(14)5-12(2)9(17)11-4-3-6(13)8(15)16/h6,13H,3-5H2,1-2H3,(H,10,14)(H,11,17)(H,15,16)/t6-/m0/s1.